The molecular formula is C35H48N6O8S. The number of aliphatic carboxylic acids is 1. The van der Waals surface area contributed by atoms with Gasteiger partial charge in [-0.1, -0.05) is 48.5 Å². The first kappa shape index (κ1) is 39.6. The largest absolute Gasteiger partial charge is 0.480 e. The van der Waals surface area contributed by atoms with E-state index < -0.39 is 53.6 Å². The van der Waals surface area contributed by atoms with Crippen LogP contribution in [0.5, 0.6) is 0 Å². The van der Waals surface area contributed by atoms with Crippen molar-refractivity contribution in [2.45, 2.75) is 82.5 Å². The van der Waals surface area contributed by atoms with E-state index in [0.717, 1.165) is 22.3 Å². The molecule has 3 amide bonds. The number of hydrogen-bond donors (Lipinski definition) is 6. The highest BCUT2D eigenvalue weighted by molar-refractivity contribution is 7.98. The van der Waals surface area contributed by atoms with Crippen molar-refractivity contribution in [1.82, 2.24) is 16.0 Å². The minimum Gasteiger partial charge on any atom is -0.480 e. The predicted molar refractivity (Wildman–Crippen MR) is 191 cm³/mol. The molecule has 50 heavy (non-hydrogen) atoms. The second-order valence-electron chi connectivity index (χ2n) is 12.8. The monoisotopic (exact) mass is 712 g/mol. The van der Waals surface area contributed by atoms with Crippen LogP contribution in [0.3, 0.4) is 0 Å². The van der Waals surface area contributed by atoms with Gasteiger partial charge in [-0.25, -0.2) is 9.59 Å². The highest BCUT2D eigenvalue weighted by Gasteiger charge is 2.32. The SMILES string of the molecule is CSCCC(NC(=O)OCC1c2ccccc2-c2ccccc21)C(=O)NC(CCC(=O)OC(C)(C)C)C(=O)NC(CCCN=C(N)N)C(=O)O. The Balaban J connectivity index is 1.71. The van der Waals surface area contributed by atoms with E-state index in [2.05, 4.69) is 20.9 Å². The van der Waals surface area contributed by atoms with Gasteiger partial charge in [0, 0.05) is 18.9 Å². The van der Waals surface area contributed by atoms with E-state index in [1.165, 1.54) is 11.8 Å². The van der Waals surface area contributed by atoms with Crippen LogP contribution in [0, 0.1) is 0 Å². The summed E-state index contributed by atoms with van der Waals surface area (Å²) in [5, 5.41) is 17.4. The van der Waals surface area contributed by atoms with Crippen molar-refractivity contribution in [2.24, 2.45) is 16.5 Å². The number of nitrogens with two attached hydrogens (primary N) is 2. The number of aliphatic imine (C=N–C) groups is 1. The van der Waals surface area contributed by atoms with Crippen LogP contribution in [0.1, 0.15) is 69.9 Å². The first-order chi connectivity index (χ1) is 23.7. The zero-order valence-corrected chi connectivity index (χ0v) is 29.7. The fraction of sp³-hybridized carbons (Fsp3) is 0.486. The van der Waals surface area contributed by atoms with Crippen molar-refractivity contribution in [2.75, 3.05) is 25.2 Å². The first-order valence-electron chi connectivity index (χ1n) is 16.4. The van der Waals surface area contributed by atoms with Crippen LogP contribution < -0.4 is 27.4 Å². The number of alkyl carbamates (subject to hydrolysis) is 1. The summed E-state index contributed by atoms with van der Waals surface area (Å²) in [5.41, 5.74) is 14.1. The van der Waals surface area contributed by atoms with Crippen LogP contribution in [0.4, 0.5) is 4.79 Å². The number of carbonyl (C=O) groups is 5. The zero-order valence-electron chi connectivity index (χ0n) is 28.9. The molecule has 0 saturated carbocycles. The molecule has 0 saturated heterocycles. The van der Waals surface area contributed by atoms with Gasteiger partial charge in [0.25, 0.3) is 0 Å². The Bertz CT molecular complexity index is 1500. The Morgan fingerprint density at radius 3 is 1.96 bits per heavy atom. The van der Waals surface area contributed by atoms with Crippen molar-refractivity contribution in [3.8, 4) is 11.1 Å². The van der Waals surface area contributed by atoms with E-state index in [9.17, 15) is 29.1 Å². The molecule has 2 aromatic carbocycles. The lowest BCUT2D eigenvalue weighted by Crippen LogP contribution is -2.56. The number of esters is 1. The van der Waals surface area contributed by atoms with Gasteiger partial charge in [-0.2, -0.15) is 11.8 Å². The number of fused-ring (bicyclic) bond motifs is 3. The molecule has 1 aliphatic rings. The van der Waals surface area contributed by atoms with Crippen LogP contribution in [-0.2, 0) is 28.7 Å². The topological polar surface area (TPSA) is 225 Å². The number of nitrogens with zero attached hydrogens (tertiary/aromatic N) is 1. The maximum absolute atomic E-state index is 13.6. The number of carbonyl (C=O) groups excluding carboxylic acids is 4. The molecule has 0 spiro atoms. The van der Waals surface area contributed by atoms with Gasteiger partial charge in [0.15, 0.2) is 5.96 Å². The van der Waals surface area contributed by atoms with Crippen molar-refractivity contribution >= 4 is 47.6 Å². The Morgan fingerprint density at radius 2 is 1.42 bits per heavy atom. The van der Waals surface area contributed by atoms with Gasteiger partial charge in [-0.3, -0.25) is 19.4 Å². The molecule has 0 aliphatic heterocycles. The zero-order chi connectivity index (χ0) is 36.8. The number of benzene rings is 2. The lowest BCUT2D eigenvalue weighted by molar-refractivity contribution is -0.155. The number of hydrogen-bond acceptors (Lipinski definition) is 9. The summed E-state index contributed by atoms with van der Waals surface area (Å²) in [6, 6.07) is 12.1. The number of thioether (sulfide) groups is 1. The number of guanidine groups is 1. The van der Waals surface area contributed by atoms with Gasteiger partial charge in [0.05, 0.1) is 0 Å². The van der Waals surface area contributed by atoms with Gasteiger partial charge in [-0.05, 0) is 80.7 Å². The van der Waals surface area contributed by atoms with Crippen LogP contribution in [0.15, 0.2) is 53.5 Å². The number of carboxylic acids is 1. The second-order valence-corrected chi connectivity index (χ2v) is 13.8. The number of carboxylic acid groups (broad SMARTS) is 1. The van der Waals surface area contributed by atoms with Gasteiger partial charge < -0.3 is 42.0 Å². The summed E-state index contributed by atoms with van der Waals surface area (Å²) < 4.78 is 11.0. The third-order valence-electron chi connectivity index (χ3n) is 7.81. The van der Waals surface area contributed by atoms with Gasteiger partial charge >= 0.3 is 18.0 Å². The third-order valence-corrected chi connectivity index (χ3v) is 8.46. The lowest BCUT2D eigenvalue weighted by Gasteiger charge is -2.25. The molecular weight excluding hydrogens is 664 g/mol. The van der Waals surface area contributed by atoms with E-state index in [1.54, 1.807) is 20.8 Å². The molecule has 1 aliphatic carbocycles. The fourth-order valence-corrected chi connectivity index (χ4v) is 5.99. The Kier molecular flexibility index (Phi) is 14.9. The van der Waals surface area contributed by atoms with Crippen molar-refractivity contribution < 1.29 is 38.6 Å². The number of nitrogens with one attached hydrogen (secondary N) is 3. The van der Waals surface area contributed by atoms with E-state index in [0.29, 0.717) is 5.75 Å². The van der Waals surface area contributed by atoms with Crippen LogP contribution in [-0.4, -0.2) is 89.8 Å². The summed E-state index contributed by atoms with van der Waals surface area (Å²) in [7, 11) is 0. The summed E-state index contributed by atoms with van der Waals surface area (Å²) in [5.74, 6) is -3.25. The quantitative estimate of drug-likeness (QED) is 0.0570. The van der Waals surface area contributed by atoms with Gasteiger partial charge in [-0.15, -0.1) is 0 Å². The molecule has 3 unspecified atom stereocenters. The van der Waals surface area contributed by atoms with Crippen LogP contribution in [0.25, 0.3) is 11.1 Å². The summed E-state index contributed by atoms with van der Waals surface area (Å²) in [6.07, 6.45) is 1.07. The number of ether oxygens (including phenoxy) is 2. The summed E-state index contributed by atoms with van der Waals surface area (Å²) in [4.78, 5) is 68.4. The molecule has 8 N–H and O–H groups in total. The van der Waals surface area contributed by atoms with E-state index >= 15 is 0 Å². The smallest absolute Gasteiger partial charge is 0.407 e. The third kappa shape index (κ3) is 12.3. The minimum atomic E-state index is -1.32. The highest BCUT2D eigenvalue weighted by Crippen LogP contribution is 2.44. The second kappa shape index (κ2) is 18.8. The number of rotatable bonds is 18. The average molecular weight is 713 g/mol. The molecule has 0 fully saturated rings. The van der Waals surface area contributed by atoms with Crippen molar-refractivity contribution in [3.63, 3.8) is 0 Å². The van der Waals surface area contributed by atoms with Crippen molar-refractivity contribution in [3.05, 3.63) is 59.7 Å². The van der Waals surface area contributed by atoms with E-state index in [-0.39, 0.29) is 57.1 Å². The molecule has 0 radical (unpaired) electrons. The molecule has 15 heteroatoms. The molecule has 3 rings (SSSR count). The minimum absolute atomic E-state index is 0.00424. The lowest BCUT2D eigenvalue weighted by atomic mass is 9.98. The molecule has 272 valence electrons. The van der Waals surface area contributed by atoms with E-state index in [1.807, 2.05) is 54.8 Å². The van der Waals surface area contributed by atoms with Crippen LogP contribution >= 0.6 is 11.8 Å². The standard InChI is InChI=1S/C35H48N6O8S/c1-35(2,3)49-29(42)16-15-26(30(43)40-28(32(45)46)14-9-18-38-33(36)37)39-31(44)27(17-19-50-4)41-34(47)48-20-25-23-12-7-5-10-21(23)22-11-6-8-13-24(22)25/h5-8,10-13,25-28H,9,14-20H2,1-4H3,(H,39,44)(H,40,43)(H,41,47)(H,45,46)(H4,36,37,38). The Labute approximate surface area is 296 Å². The highest BCUT2D eigenvalue weighted by atomic mass is 32.2. The predicted octanol–water partition coefficient (Wildman–Crippen LogP) is 2.88. The van der Waals surface area contributed by atoms with Crippen LogP contribution in [0.2, 0.25) is 0 Å². The normalized spacial score (nSPS) is 13.8. The van der Waals surface area contributed by atoms with Crippen molar-refractivity contribution in [1.29, 1.82) is 0 Å². The summed E-state index contributed by atoms with van der Waals surface area (Å²) in [6.45, 7) is 5.28. The average Bonchev–Trinajstić information content (AvgIpc) is 3.37. The molecule has 0 heterocycles. The van der Waals surface area contributed by atoms with E-state index in [4.69, 9.17) is 20.9 Å². The molecule has 14 nitrogen and oxygen atoms in total. The Hall–Kier alpha value is -4.79. The van der Waals surface area contributed by atoms with Gasteiger partial charge in [0.2, 0.25) is 11.8 Å². The van der Waals surface area contributed by atoms with Gasteiger partial charge in [0.1, 0.15) is 30.3 Å². The maximum Gasteiger partial charge on any atom is 0.407 e. The molecule has 2 aromatic rings. The maximum atomic E-state index is 13.6. The molecule has 0 bridgehead atoms. The molecule has 3 atom stereocenters. The first-order valence-corrected chi connectivity index (χ1v) is 17.8. The Morgan fingerprint density at radius 1 is 0.860 bits per heavy atom. The summed E-state index contributed by atoms with van der Waals surface area (Å²) >= 11 is 1.46. The molecule has 0 aromatic heterocycles. The fourth-order valence-electron chi connectivity index (χ4n) is 5.52. The number of amides is 3.